The van der Waals surface area contributed by atoms with Crippen molar-refractivity contribution >= 4 is 17.3 Å². The molecule has 0 aliphatic rings. The van der Waals surface area contributed by atoms with Crippen LogP contribution in [0, 0.1) is 25.2 Å². The molecule has 22 heavy (non-hydrogen) atoms. The van der Waals surface area contributed by atoms with Crippen LogP contribution in [0.15, 0.2) is 42.5 Å². The number of carbonyl (C=O) groups is 1. The van der Waals surface area contributed by atoms with Crippen molar-refractivity contribution in [3.8, 4) is 6.07 Å². The number of nitrogens with one attached hydrogen (secondary N) is 2. The Balaban J connectivity index is 2.00. The molecule has 2 N–H and O–H groups in total. The van der Waals surface area contributed by atoms with Gasteiger partial charge in [0.25, 0.3) is 0 Å². The fraction of sp³-hybridized carbons (Fsp3) is 0.222. The van der Waals surface area contributed by atoms with Crippen molar-refractivity contribution in [3.63, 3.8) is 0 Å². The number of hydrogen-bond acceptors (Lipinski definition) is 3. The molecule has 112 valence electrons. The molecule has 0 aliphatic carbocycles. The fourth-order valence-corrected chi connectivity index (χ4v) is 2.25. The smallest absolute Gasteiger partial charge is 0.246 e. The quantitative estimate of drug-likeness (QED) is 0.905. The molecule has 0 bridgehead atoms. The molecule has 2 aromatic carbocycles. The second kappa shape index (κ2) is 6.77. The van der Waals surface area contributed by atoms with Crippen LogP contribution in [0.4, 0.5) is 11.4 Å². The molecule has 1 atom stereocenters. The molecule has 4 heteroatoms. The Labute approximate surface area is 130 Å². The van der Waals surface area contributed by atoms with Crippen LogP contribution < -0.4 is 10.6 Å². The molecule has 2 rings (SSSR count). The third-order valence-corrected chi connectivity index (χ3v) is 3.28. The normalized spacial score (nSPS) is 11.4. The zero-order chi connectivity index (χ0) is 16.1. The highest BCUT2D eigenvalue weighted by Gasteiger charge is 2.13. The third kappa shape index (κ3) is 4.10. The Morgan fingerprint density at radius 1 is 1.05 bits per heavy atom. The van der Waals surface area contributed by atoms with E-state index >= 15 is 0 Å². The number of hydrogen-bond donors (Lipinski definition) is 2. The summed E-state index contributed by atoms with van der Waals surface area (Å²) in [5.74, 6) is -0.121. The molecule has 0 radical (unpaired) electrons. The number of anilines is 2. The molecule has 0 unspecified atom stereocenters. The average Bonchev–Trinajstić information content (AvgIpc) is 2.46. The lowest BCUT2D eigenvalue weighted by atomic mass is 10.1. The van der Waals surface area contributed by atoms with Crippen LogP contribution in [-0.2, 0) is 4.79 Å². The van der Waals surface area contributed by atoms with Gasteiger partial charge in [-0.25, -0.2) is 0 Å². The van der Waals surface area contributed by atoms with Crippen molar-refractivity contribution in [2.45, 2.75) is 26.8 Å². The molecule has 4 nitrogen and oxygen atoms in total. The zero-order valence-corrected chi connectivity index (χ0v) is 13.0. The van der Waals surface area contributed by atoms with E-state index in [0.29, 0.717) is 11.3 Å². The largest absolute Gasteiger partial charge is 0.374 e. The first-order valence-electron chi connectivity index (χ1n) is 7.14. The molecule has 0 fully saturated rings. The molecule has 1 amide bonds. The number of rotatable bonds is 4. The van der Waals surface area contributed by atoms with E-state index in [9.17, 15) is 4.79 Å². The second-order valence-electron chi connectivity index (χ2n) is 5.42. The summed E-state index contributed by atoms with van der Waals surface area (Å²) in [6.07, 6.45) is 0. The molecule has 0 aliphatic heterocycles. The van der Waals surface area contributed by atoms with Gasteiger partial charge in [0.15, 0.2) is 0 Å². The van der Waals surface area contributed by atoms with E-state index in [0.717, 1.165) is 16.8 Å². The van der Waals surface area contributed by atoms with E-state index < -0.39 is 0 Å². The summed E-state index contributed by atoms with van der Waals surface area (Å²) in [6, 6.07) is 14.6. The summed E-state index contributed by atoms with van der Waals surface area (Å²) >= 11 is 0. The summed E-state index contributed by atoms with van der Waals surface area (Å²) in [7, 11) is 0. The van der Waals surface area contributed by atoms with Crippen LogP contribution in [0.1, 0.15) is 23.6 Å². The number of nitriles is 1. The Kier molecular flexibility index (Phi) is 4.80. The van der Waals surface area contributed by atoms with Crippen molar-refractivity contribution in [1.29, 1.82) is 5.26 Å². The minimum absolute atomic E-state index is 0.121. The van der Waals surface area contributed by atoms with Gasteiger partial charge in [-0.3, -0.25) is 4.79 Å². The highest BCUT2D eigenvalue weighted by molar-refractivity contribution is 5.96. The SMILES string of the molecule is Cc1cc(C)cc(N[C@@H](C)C(=O)Nc2ccc(C#N)cc2)c1. The van der Waals surface area contributed by atoms with Gasteiger partial charge in [0, 0.05) is 11.4 Å². The lowest BCUT2D eigenvalue weighted by Crippen LogP contribution is -2.31. The maximum absolute atomic E-state index is 12.2. The standard InChI is InChI=1S/C18H19N3O/c1-12-8-13(2)10-17(9-12)20-14(3)18(22)21-16-6-4-15(11-19)5-7-16/h4-10,14,20H,1-3H3,(H,21,22)/t14-/m0/s1. The van der Waals surface area contributed by atoms with Gasteiger partial charge in [0.05, 0.1) is 11.6 Å². The van der Waals surface area contributed by atoms with Crippen LogP contribution in [-0.4, -0.2) is 11.9 Å². The molecule has 0 heterocycles. The van der Waals surface area contributed by atoms with E-state index in [-0.39, 0.29) is 11.9 Å². The number of benzene rings is 2. The van der Waals surface area contributed by atoms with Gasteiger partial charge in [-0.15, -0.1) is 0 Å². The van der Waals surface area contributed by atoms with E-state index in [1.165, 1.54) is 0 Å². The zero-order valence-electron chi connectivity index (χ0n) is 13.0. The van der Waals surface area contributed by atoms with Gasteiger partial charge in [0.1, 0.15) is 6.04 Å². The topological polar surface area (TPSA) is 64.9 Å². The number of aryl methyl sites for hydroxylation is 2. The van der Waals surface area contributed by atoms with Gasteiger partial charge in [-0.2, -0.15) is 5.26 Å². The number of carbonyl (C=O) groups excluding carboxylic acids is 1. The average molecular weight is 293 g/mol. The van der Waals surface area contributed by atoms with Crippen molar-refractivity contribution in [2.75, 3.05) is 10.6 Å². The van der Waals surface area contributed by atoms with Crippen LogP contribution in [0.2, 0.25) is 0 Å². The predicted molar refractivity (Wildman–Crippen MR) is 88.8 cm³/mol. The molecule has 0 spiro atoms. The van der Waals surface area contributed by atoms with E-state index in [1.54, 1.807) is 24.3 Å². The van der Waals surface area contributed by atoms with Gasteiger partial charge in [-0.05, 0) is 68.3 Å². The monoisotopic (exact) mass is 293 g/mol. The molecular formula is C18H19N3O. The van der Waals surface area contributed by atoms with Crippen molar-refractivity contribution in [3.05, 3.63) is 59.2 Å². The summed E-state index contributed by atoms with van der Waals surface area (Å²) < 4.78 is 0. The van der Waals surface area contributed by atoms with E-state index in [2.05, 4.69) is 16.7 Å². The van der Waals surface area contributed by atoms with Gasteiger partial charge in [0.2, 0.25) is 5.91 Å². The van der Waals surface area contributed by atoms with E-state index in [1.807, 2.05) is 39.0 Å². The van der Waals surface area contributed by atoms with Gasteiger partial charge >= 0.3 is 0 Å². The summed E-state index contributed by atoms with van der Waals surface area (Å²) in [6.45, 7) is 5.87. The highest BCUT2D eigenvalue weighted by Crippen LogP contribution is 2.15. The lowest BCUT2D eigenvalue weighted by Gasteiger charge is -2.16. The lowest BCUT2D eigenvalue weighted by molar-refractivity contribution is -0.116. The van der Waals surface area contributed by atoms with E-state index in [4.69, 9.17) is 5.26 Å². The predicted octanol–water partition coefficient (Wildman–Crippen LogP) is 3.61. The van der Waals surface area contributed by atoms with Crippen molar-refractivity contribution < 1.29 is 4.79 Å². The second-order valence-corrected chi connectivity index (χ2v) is 5.42. The first-order chi connectivity index (χ1) is 10.5. The molecule has 0 aromatic heterocycles. The Hall–Kier alpha value is -2.80. The van der Waals surface area contributed by atoms with Crippen LogP contribution in [0.5, 0.6) is 0 Å². The minimum atomic E-state index is -0.364. The highest BCUT2D eigenvalue weighted by atomic mass is 16.2. The van der Waals surface area contributed by atoms with Crippen LogP contribution in [0.3, 0.4) is 0 Å². The maximum Gasteiger partial charge on any atom is 0.246 e. The van der Waals surface area contributed by atoms with Crippen molar-refractivity contribution in [2.24, 2.45) is 0 Å². The van der Waals surface area contributed by atoms with Crippen LogP contribution in [0.25, 0.3) is 0 Å². The molecular weight excluding hydrogens is 274 g/mol. The van der Waals surface area contributed by atoms with Crippen molar-refractivity contribution in [1.82, 2.24) is 0 Å². The van der Waals surface area contributed by atoms with Gasteiger partial charge < -0.3 is 10.6 Å². The molecule has 2 aromatic rings. The molecule has 0 saturated heterocycles. The number of amides is 1. The third-order valence-electron chi connectivity index (χ3n) is 3.28. The Morgan fingerprint density at radius 2 is 1.64 bits per heavy atom. The Bertz CT molecular complexity index is 694. The van der Waals surface area contributed by atoms with Gasteiger partial charge in [-0.1, -0.05) is 6.07 Å². The number of nitrogens with zero attached hydrogens (tertiary/aromatic N) is 1. The van der Waals surface area contributed by atoms with Crippen LogP contribution >= 0.6 is 0 Å². The summed E-state index contributed by atoms with van der Waals surface area (Å²) in [5, 5.41) is 14.8. The minimum Gasteiger partial charge on any atom is -0.374 e. The fourth-order valence-electron chi connectivity index (χ4n) is 2.25. The first kappa shape index (κ1) is 15.6. The summed E-state index contributed by atoms with van der Waals surface area (Å²) in [5.41, 5.74) is 4.49. The summed E-state index contributed by atoms with van der Waals surface area (Å²) in [4.78, 5) is 12.2. The maximum atomic E-state index is 12.2. The Morgan fingerprint density at radius 3 is 2.18 bits per heavy atom. The first-order valence-corrected chi connectivity index (χ1v) is 7.14. The molecule has 0 saturated carbocycles.